The van der Waals surface area contributed by atoms with Gasteiger partial charge in [0, 0.05) is 10.6 Å². The highest BCUT2D eigenvalue weighted by Crippen LogP contribution is 2.47. The monoisotopic (exact) mass is 366 g/mol. The van der Waals surface area contributed by atoms with E-state index >= 15 is 0 Å². The number of benzene rings is 2. The molecule has 0 radical (unpaired) electrons. The fraction of sp³-hybridized carbons (Fsp3) is 0.316. The standard InChI is InChI=1S/C19H18ClF3N2/c1-3-18(14-6-4-13(2)5-7-14)16-10-15(20)8-9-17(16)24-12-25(18)11-19(21,22)23/h4-10,12H,3,11H2,1-2H3. The molecule has 25 heavy (non-hydrogen) atoms. The minimum absolute atomic E-state index is 0.450. The summed E-state index contributed by atoms with van der Waals surface area (Å²) in [5, 5.41) is 0.479. The maximum Gasteiger partial charge on any atom is 0.405 e. The van der Waals surface area contributed by atoms with Gasteiger partial charge in [0.1, 0.15) is 6.54 Å². The maximum absolute atomic E-state index is 13.2. The summed E-state index contributed by atoms with van der Waals surface area (Å²) in [5.41, 5.74) is 2.21. The highest BCUT2D eigenvalue weighted by Gasteiger charge is 2.45. The predicted molar refractivity (Wildman–Crippen MR) is 94.6 cm³/mol. The second-order valence-electron chi connectivity index (χ2n) is 6.23. The number of hydrogen-bond acceptors (Lipinski definition) is 2. The van der Waals surface area contributed by atoms with E-state index in [4.69, 9.17) is 11.6 Å². The van der Waals surface area contributed by atoms with Crippen LogP contribution in [0, 0.1) is 6.92 Å². The lowest BCUT2D eigenvalue weighted by Crippen LogP contribution is -2.51. The molecule has 0 aromatic heterocycles. The molecule has 132 valence electrons. The molecule has 0 spiro atoms. The number of halogens is 4. The van der Waals surface area contributed by atoms with E-state index in [1.165, 1.54) is 11.2 Å². The second kappa shape index (κ2) is 6.37. The van der Waals surface area contributed by atoms with Gasteiger partial charge in [0.2, 0.25) is 0 Å². The fourth-order valence-electron chi connectivity index (χ4n) is 3.45. The molecule has 2 nitrogen and oxygen atoms in total. The number of aliphatic imine (C=N–C) groups is 1. The zero-order valence-corrected chi connectivity index (χ0v) is 14.7. The van der Waals surface area contributed by atoms with E-state index in [2.05, 4.69) is 4.99 Å². The Labute approximate surface area is 149 Å². The van der Waals surface area contributed by atoms with Crippen molar-refractivity contribution < 1.29 is 13.2 Å². The normalized spacial score (nSPS) is 19.8. The van der Waals surface area contributed by atoms with Gasteiger partial charge >= 0.3 is 6.18 Å². The minimum Gasteiger partial charge on any atom is -0.340 e. The SMILES string of the molecule is CCC1(c2ccc(C)cc2)c2cc(Cl)ccc2N=CN1CC(F)(F)F. The molecule has 0 bridgehead atoms. The zero-order chi connectivity index (χ0) is 18.2. The first-order valence-corrected chi connectivity index (χ1v) is 8.39. The molecular formula is C19H18ClF3N2. The maximum atomic E-state index is 13.2. The van der Waals surface area contributed by atoms with Crippen molar-refractivity contribution in [2.24, 2.45) is 4.99 Å². The Morgan fingerprint density at radius 2 is 1.80 bits per heavy atom. The van der Waals surface area contributed by atoms with Gasteiger partial charge in [-0.05, 0) is 37.1 Å². The van der Waals surface area contributed by atoms with E-state index in [9.17, 15) is 13.2 Å². The summed E-state index contributed by atoms with van der Waals surface area (Å²) >= 11 is 6.16. The van der Waals surface area contributed by atoms with E-state index in [1.54, 1.807) is 18.2 Å². The lowest BCUT2D eigenvalue weighted by atomic mass is 9.77. The van der Waals surface area contributed by atoms with Crippen molar-refractivity contribution in [3.63, 3.8) is 0 Å². The molecule has 0 saturated heterocycles. The molecule has 1 aliphatic rings. The van der Waals surface area contributed by atoms with E-state index in [-0.39, 0.29) is 0 Å². The van der Waals surface area contributed by atoms with Crippen LogP contribution in [0.1, 0.15) is 30.0 Å². The van der Waals surface area contributed by atoms with E-state index in [1.807, 2.05) is 38.1 Å². The molecule has 2 aromatic rings. The quantitative estimate of drug-likeness (QED) is 0.666. The Morgan fingerprint density at radius 1 is 1.12 bits per heavy atom. The van der Waals surface area contributed by atoms with Gasteiger partial charge in [-0.15, -0.1) is 0 Å². The second-order valence-corrected chi connectivity index (χ2v) is 6.67. The highest BCUT2D eigenvalue weighted by atomic mass is 35.5. The first-order valence-electron chi connectivity index (χ1n) is 8.01. The van der Waals surface area contributed by atoms with Crippen molar-refractivity contribution in [1.29, 1.82) is 0 Å². The third-order valence-electron chi connectivity index (χ3n) is 4.62. The van der Waals surface area contributed by atoms with Crippen LogP contribution in [0.2, 0.25) is 5.02 Å². The van der Waals surface area contributed by atoms with Gasteiger partial charge in [0.25, 0.3) is 0 Å². The van der Waals surface area contributed by atoms with Gasteiger partial charge < -0.3 is 4.90 Å². The predicted octanol–water partition coefficient (Wildman–Crippen LogP) is 5.84. The summed E-state index contributed by atoms with van der Waals surface area (Å²) < 4.78 is 39.7. The molecule has 1 heterocycles. The van der Waals surface area contributed by atoms with Crippen molar-refractivity contribution in [3.05, 3.63) is 64.2 Å². The topological polar surface area (TPSA) is 15.6 Å². The van der Waals surface area contributed by atoms with Crippen LogP contribution in [-0.2, 0) is 5.54 Å². The smallest absolute Gasteiger partial charge is 0.340 e. The van der Waals surface area contributed by atoms with Crippen LogP contribution in [0.25, 0.3) is 0 Å². The van der Waals surface area contributed by atoms with Crippen molar-refractivity contribution in [1.82, 2.24) is 4.90 Å². The van der Waals surface area contributed by atoms with Crippen LogP contribution in [0.3, 0.4) is 0 Å². The fourth-order valence-corrected chi connectivity index (χ4v) is 3.63. The number of hydrogen-bond donors (Lipinski definition) is 0. The molecule has 0 aliphatic carbocycles. The first kappa shape index (κ1) is 17.8. The van der Waals surface area contributed by atoms with Gasteiger partial charge in [-0.2, -0.15) is 13.2 Å². The van der Waals surface area contributed by atoms with Crippen LogP contribution in [-0.4, -0.2) is 24.0 Å². The van der Waals surface area contributed by atoms with E-state index in [0.717, 1.165) is 11.1 Å². The van der Waals surface area contributed by atoms with Crippen LogP contribution < -0.4 is 0 Å². The van der Waals surface area contributed by atoms with Gasteiger partial charge in [-0.3, -0.25) is 0 Å². The summed E-state index contributed by atoms with van der Waals surface area (Å²) in [6, 6.07) is 12.8. The minimum atomic E-state index is -4.34. The third-order valence-corrected chi connectivity index (χ3v) is 4.86. The van der Waals surface area contributed by atoms with Crippen molar-refractivity contribution >= 4 is 23.6 Å². The lowest BCUT2D eigenvalue weighted by Gasteiger charge is -2.46. The number of rotatable bonds is 3. The Bertz CT molecular complexity index is 799. The molecule has 3 rings (SSSR count). The van der Waals surface area contributed by atoms with Crippen LogP contribution >= 0.6 is 11.6 Å². The number of nitrogens with zero attached hydrogens (tertiary/aromatic N) is 2. The summed E-state index contributed by atoms with van der Waals surface area (Å²) in [6.07, 6.45) is -2.59. The molecule has 6 heteroatoms. The molecular weight excluding hydrogens is 349 g/mol. The van der Waals surface area contributed by atoms with Crippen LogP contribution in [0.4, 0.5) is 18.9 Å². The Kier molecular flexibility index (Phi) is 4.54. The Balaban J connectivity index is 2.25. The molecule has 0 saturated carbocycles. The van der Waals surface area contributed by atoms with E-state index < -0.39 is 18.3 Å². The van der Waals surface area contributed by atoms with Crippen molar-refractivity contribution in [3.8, 4) is 0 Å². The van der Waals surface area contributed by atoms with Crippen molar-refractivity contribution in [2.45, 2.75) is 32.0 Å². The average Bonchev–Trinajstić information content (AvgIpc) is 2.55. The summed E-state index contributed by atoms with van der Waals surface area (Å²) in [5.74, 6) is 0. The van der Waals surface area contributed by atoms with Gasteiger partial charge in [-0.1, -0.05) is 48.4 Å². The van der Waals surface area contributed by atoms with Gasteiger partial charge in [-0.25, -0.2) is 4.99 Å². The first-order chi connectivity index (χ1) is 11.8. The molecule has 1 atom stereocenters. The average molecular weight is 367 g/mol. The van der Waals surface area contributed by atoms with E-state index in [0.29, 0.717) is 22.7 Å². The summed E-state index contributed by atoms with van der Waals surface area (Å²) in [6.45, 7) is 2.75. The van der Waals surface area contributed by atoms with Gasteiger partial charge in [0.05, 0.1) is 17.6 Å². The largest absolute Gasteiger partial charge is 0.405 e. The lowest BCUT2D eigenvalue weighted by molar-refractivity contribution is -0.145. The Morgan fingerprint density at radius 3 is 2.40 bits per heavy atom. The van der Waals surface area contributed by atoms with Gasteiger partial charge in [0.15, 0.2) is 0 Å². The van der Waals surface area contributed by atoms with Crippen molar-refractivity contribution in [2.75, 3.05) is 6.54 Å². The molecule has 1 aliphatic heterocycles. The van der Waals surface area contributed by atoms with Crippen LogP contribution in [0.5, 0.6) is 0 Å². The third kappa shape index (κ3) is 3.25. The number of alkyl halides is 3. The molecule has 0 amide bonds. The number of fused-ring (bicyclic) bond motifs is 1. The summed E-state index contributed by atoms with van der Waals surface area (Å²) in [7, 11) is 0. The molecule has 0 fully saturated rings. The molecule has 0 N–H and O–H groups in total. The molecule has 1 unspecified atom stereocenters. The highest BCUT2D eigenvalue weighted by molar-refractivity contribution is 6.30. The molecule has 2 aromatic carbocycles. The summed E-state index contributed by atoms with van der Waals surface area (Å²) in [4.78, 5) is 5.50. The van der Waals surface area contributed by atoms with Crippen LogP contribution in [0.15, 0.2) is 47.5 Å². The number of aryl methyl sites for hydroxylation is 1. The zero-order valence-electron chi connectivity index (χ0n) is 13.9. The Hall–Kier alpha value is -2.01.